The van der Waals surface area contributed by atoms with Gasteiger partial charge < -0.3 is 19.8 Å². The summed E-state index contributed by atoms with van der Waals surface area (Å²) < 4.78 is 11.9. The van der Waals surface area contributed by atoms with Crippen LogP contribution in [-0.4, -0.2) is 22.3 Å². The smallest absolute Gasteiger partial charge is 0.328 e. The Balaban J connectivity index is 1.31. The molecule has 1 aliphatic heterocycles. The molecule has 2 N–H and O–H groups in total. The molecule has 0 spiro atoms. The number of hydrogen-bond acceptors (Lipinski definition) is 5. The number of allylic oxidation sites excluding steroid dienone is 2. The summed E-state index contributed by atoms with van der Waals surface area (Å²) in [7, 11) is 0. The molecule has 3 aromatic rings. The average Bonchev–Trinajstić information content (AvgIpc) is 3.30. The fourth-order valence-corrected chi connectivity index (χ4v) is 4.32. The van der Waals surface area contributed by atoms with Crippen LogP contribution < -0.4 is 26.0 Å². The second kappa shape index (κ2) is 8.97. The Morgan fingerprint density at radius 3 is 2.79 bits per heavy atom. The van der Waals surface area contributed by atoms with Gasteiger partial charge in [0.1, 0.15) is 0 Å². The lowest BCUT2D eigenvalue weighted by Crippen LogP contribution is -2.35. The van der Waals surface area contributed by atoms with Crippen molar-refractivity contribution in [3.05, 3.63) is 80.0 Å². The molecule has 0 fully saturated rings. The number of benzene rings is 2. The van der Waals surface area contributed by atoms with Gasteiger partial charge in [-0.05, 0) is 68.0 Å². The molecule has 1 aromatic heterocycles. The maximum absolute atomic E-state index is 12.9. The van der Waals surface area contributed by atoms with E-state index in [-0.39, 0.29) is 18.3 Å². The molecule has 2 aromatic carbocycles. The van der Waals surface area contributed by atoms with Gasteiger partial charge in [0.2, 0.25) is 6.79 Å². The Hall–Kier alpha value is -3.81. The molecule has 1 amide bonds. The number of nitrogens with zero attached hydrogens (tertiary/aromatic N) is 1. The highest BCUT2D eigenvalue weighted by molar-refractivity contribution is 5.97. The van der Waals surface area contributed by atoms with Crippen molar-refractivity contribution in [3.63, 3.8) is 0 Å². The van der Waals surface area contributed by atoms with Crippen molar-refractivity contribution in [2.24, 2.45) is 0 Å². The van der Waals surface area contributed by atoms with Crippen LogP contribution in [0.25, 0.3) is 10.9 Å². The lowest BCUT2D eigenvalue weighted by Gasteiger charge is -2.13. The fourth-order valence-electron chi connectivity index (χ4n) is 4.32. The second-order valence-electron chi connectivity index (χ2n) is 8.38. The van der Waals surface area contributed by atoms with E-state index in [4.69, 9.17) is 9.47 Å². The first kappa shape index (κ1) is 21.1. The first-order valence-electron chi connectivity index (χ1n) is 11.2. The number of H-pyrrole nitrogens is 1. The minimum Gasteiger partial charge on any atom is -0.454 e. The highest BCUT2D eigenvalue weighted by atomic mass is 16.7. The van der Waals surface area contributed by atoms with E-state index in [1.807, 2.05) is 12.1 Å². The molecular weight excluding hydrogens is 422 g/mol. The highest BCUT2D eigenvalue weighted by Crippen LogP contribution is 2.32. The van der Waals surface area contributed by atoms with E-state index in [1.54, 1.807) is 24.3 Å². The zero-order chi connectivity index (χ0) is 22.8. The van der Waals surface area contributed by atoms with Crippen molar-refractivity contribution in [2.45, 2.75) is 45.2 Å². The van der Waals surface area contributed by atoms with Gasteiger partial charge >= 0.3 is 5.69 Å². The number of rotatable bonds is 6. The number of aromatic nitrogens is 2. The Kier molecular flexibility index (Phi) is 5.73. The third kappa shape index (κ3) is 4.41. The number of amides is 1. The lowest BCUT2D eigenvalue weighted by molar-refractivity contribution is 0.0951. The Morgan fingerprint density at radius 2 is 1.94 bits per heavy atom. The van der Waals surface area contributed by atoms with Crippen LogP contribution in [0.3, 0.4) is 0 Å². The summed E-state index contributed by atoms with van der Waals surface area (Å²) in [6, 6.07) is 10.2. The SMILES string of the molecule is O=C(NCc1ccc2c(c1)OCO2)c1ccc2c(=O)n(CCC3=CCCCC3)c(=O)[nH]c2c1. The van der Waals surface area contributed by atoms with Gasteiger partial charge in [-0.3, -0.25) is 14.2 Å². The summed E-state index contributed by atoms with van der Waals surface area (Å²) in [5.74, 6) is 1.04. The van der Waals surface area contributed by atoms with Crippen molar-refractivity contribution in [3.8, 4) is 11.5 Å². The minimum atomic E-state index is -0.457. The summed E-state index contributed by atoms with van der Waals surface area (Å²) in [5.41, 5.74) is 2.11. The summed E-state index contributed by atoms with van der Waals surface area (Å²) in [5, 5.41) is 3.24. The van der Waals surface area contributed by atoms with Gasteiger partial charge in [0.15, 0.2) is 11.5 Å². The number of aromatic amines is 1. The first-order valence-corrected chi connectivity index (χ1v) is 11.2. The van der Waals surface area contributed by atoms with Crippen molar-refractivity contribution < 1.29 is 14.3 Å². The molecular formula is C25H25N3O5. The van der Waals surface area contributed by atoms with Crippen LogP contribution in [0.5, 0.6) is 11.5 Å². The van der Waals surface area contributed by atoms with Gasteiger partial charge in [-0.1, -0.05) is 17.7 Å². The summed E-state index contributed by atoms with van der Waals surface area (Å²) >= 11 is 0. The Morgan fingerprint density at radius 1 is 1.06 bits per heavy atom. The molecule has 2 aliphatic rings. The van der Waals surface area contributed by atoms with Crippen LogP contribution in [0.15, 0.2) is 57.6 Å². The third-order valence-electron chi connectivity index (χ3n) is 6.18. The average molecular weight is 447 g/mol. The molecule has 0 atom stereocenters. The molecule has 0 unspecified atom stereocenters. The predicted molar refractivity (Wildman–Crippen MR) is 124 cm³/mol. The molecule has 8 heteroatoms. The number of carbonyl (C=O) groups excluding carboxylic acids is 1. The number of nitrogens with one attached hydrogen (secondary N) is 2. The normalized spacial score (nSPS) is 14.8. The van der Waals surface area contributed by atoms with Crippen LogP contribution in [0.4, 0.5) is 0 Å². The molecule has 170 valence electrons. The van der Waals surface area contributed by atoms with E-state index >= 15 is 0 Å². The molecule has 0 saturated carbocycles. The summed E-state index contributed by atoms with van der Waals surface area (Å²) in [6.07, 6.45) is 7.39. The lowest BCUT2D eigenvalue weighted by atomic mass is 9.97. The predicted octanol–water partition coefficient (Wildman–Crippen LogP) is 3.24. The highest BCUT2D eigenvalue weighted by Gasteiger charge is 2.15. The number of ether oxygens (including phenoxy) is 2. The summed E-state index contributed by atoms with van der Waals surface area (Å²) in [6.45, 7) is 0.856. The van der Waals surface area contributed by atoms with Crippen LogP contribution in [0.1, 0.15) is 48.0 Å². The maximum Gasteiger partial charge on any atom is 0.328 e. The van der Waals surface area contributed by atoms with Gasteiger partial charge in [0.05, 0.1) is 10.9 Å². The standard InChI is InChI=1S/C25H25N3O5/c29-23(26-14-17-6-9-21-22(12-17)33-15-32-21)18-7-8-19-20(13-18)27-25(31)28(24(19)30)11-10-16-4-2-1-3-5-16/h4,6-9,12-13H,1-3,5,10-11,14-15H2,(H,26,29)(H,27,31). The second-order valence-corrected chi connectivity index (χ2v) is 8.38. The molecule has 5 rings (SSSR count). The van der Waals surface area contributed by atoms with Gasteiger partial charge in [0.25, 0.3) is 11.5 Å². The Labute approximate surface area is 189 Å². The van der Waals surface area contributed by atoms with E-state index in [2.05, 4.69) is 16.4 Å². The maximum atomic E-state index is 12.9. The largest absolute Gasteiger partial charge is 0.454 e. The molecule has 2 heterocycles. The van der Waals surface area contributed by atoms with Crippen LogP contribution in [0.2, 0.25) is 0 Å². The monoisotopic (exact) mass is 447 g/mol. The molecule has 0 saturated heterocycles. The molecule has 8 nitrogen and oxygen atoms in total. The van der Waals surface area contributed by atoms with Crippen LogP contribution >= 0.6 is 0 Å². The van der Waals surface area contributed by atoms with E-state index in [0.717, 1.165) is 24.8 Å². The zero-order valence-corrected chi connectivity index (χ0v) is 18.2. The van der Waals surface area contributed by atoms with E-state index in [1.165, 1.54) is 16.6 Å². The topological polar surface area (TPSA) is 102 Å². The molecule has 33 heavy (non-hydrogen) atoms. The number of fused-ring (bicyclic) bond motifs is 2. The van der Waals surface area contributed by atoms with Crippen molar-refractivity contribution in [1.29, 1.82) is 0 Å². The van der Waals surface area contributed by atoms with Crippen molar-refractivity contribution in [2.75, 3.05) is 6.79 Å². The fraction of sp³-hybridized carbons (Fsp3) is 0.320. The Bertz CT molecular complexity index is 1370. The van der Waals surface area contributed by atoms with Crippen molar-refractivity contribution in [1.82, 2.24) is 14.9 Å². The van der Waals surface area contributed by atoms with E-state index < -0.39 is 5.69 Å². The molecule has 1 aliphatic carbocycles. The van der Waals surface area contributed by atoms with Crippen LogP contribution in [-0.2, 0) is 13.1 Å². The minimum absolute atomic E-state index is 0.194. The van der Waals surface area contributed by atoms with Gasteiger partial charge in [-0.2, -0.15) is 0 Å². The van der Waals surface area contributed by atoms with E-state index in [9.17, 15) is 14.4 Å². The van der Waals surface area contributed by atoms with Crippen molar-refractivity contribution >= 4 is 16.8 Å². The van der Waals surface area contributed by atoms with Gasteiger partial charge in [-0.15, -0.1) is 0 Å². The molecule has 0 bridgehead atoms. The first-order chi connectivity index (χ1) is 16.1. The third-order valence-corrected chi connectivity index (χ3v) is 6.18. The number of carbonyl (C=O) groups is 1. The van der Waals surface area contributed by atoms with Gasteiger partial charge in [0, 0.05) is 18.7 Å². The van der Waals surface area contributed by atoms with Crippen LogP contribution in [0, 0.1) is 0 Å². The molecule has 0 radical (unpaired) electrons. The van der Waals surface area contributed by atoms with E-state index in [0.29, 0.717) is 47.5 Å². The number of hydrogen-bond donors (Lipinski definition) is 2. The summed E-state index contributed by atoms with van der Waals surface area (Å²) in [4.78, 5) is 40.9. The van der Waals surface area contributed by atoms with Gasteiger partial charge in [-0.25, -0.2) is 4.79 Å². The quantitative estimate of drug-likeness (QED) is 0.565. The zero-order valence-electron chi connectivity index (χ0n) is 18.2.